The Balaban J connectivity index is 1.14. The number of hydrogen-bond donors (Lipinski definition) is 1. The lowest BCUT2D eigenvalue weighted by Crippen LogP contribution is -2.41. The van der Waals surface area contributed by atoms with Crippen molar-refractivity contribution in [3.63, 3.8) is 0 Å². The summed E-state index contributed by atoms with van der Waals surface area (Å²) >= 11 is 0. The van der Waals surface area contributed by atoms with Crippen molar-refractivity contribution in [3.05, 3.63) is 35.6 Å². The summed E-state index contributed by atoms with van der Waals surface area (Å²) in [5.41, 5.74) is 1.03. The van der Waals surface area contributed by atoms with Crippen molar-refractivity contribution in [2.45, 2.75) is 51.4 Å². The number of rotatable bonds is 6. The molecular formula is C22H29FN2O2. The van der Waals surface area contributed by atoms with Gasteiger partial charge in [-0.1, -0.05) is 24.6 Å². The number of carbonyl (C=O) groups is 2. The third-order valence-corrected chi connectivity index (χ3v) is 6.91. The minimum Gasteiger partial charge on any atom is -0.356 e. The minimum absolute atomic E-state index is 0.0340. The lowest BCUT2D eigenvalue weighted by atomic mass is 9.79. The van der Waals surface area contributed by atoms with Crippen LogP contribution in [-0.4, -0.2) is 36.3 Å². The quantitative estimate of drug-likeness (QED) is 0.833. The maximum absolute atomic E-state index is 13.6. The van der Waals surface area contributed by atoms with Gasteiger partial charge in [0.1, 0.15) is 5.82 Å². The summed E-state index contributed by atoms with van der Waals surface area (Å²) in [5.74, 6) is 0.821. The van der Waals surface area contributed by atoms with Gasteiger partial charge in [0.15, 0.2) is 0 Å². The molecule has 146 valence electrons. The van der Waals surface area contributed by atoms with Gasteiger partial charge >= 0.3 is 0 Å². The molecule has 1 aromatic rings. The number of nitrogens with zero attached hydrogens (tertiary/aromatic N) is 1. The van der Waals surface area contributed by atoms with E-state index in [1.54, 1.807) is 12.1 Å². The van der Waals surface area contributed by atoms with E-state index in [9.17, 15) is 14.0 Å². The molecule has 1 atom stereocenters. The van der Waals surface area contributed by atoms with E-state index in [-0.39, 0.29) is 11.7 Å². The molecule has 2 aliphatic carbocycles. The number of likely N-dealkylation sites (tertiary alicyclic amines) is 1. The maximum Gasteiger partial charge on any atom is 0.226 e. The van der Waals surface area contributed by atoms with Crippen LogP contribution in [0.1, 0.15) is 50.5 Å². The van der Waals surface area contributed by atoms with Crippen molar-refractivity contribution in [3.8, 4) is 0 Å². The molecule has 4 nitrogen and oxygen atoms in total. The van der Waals surface area contributed by atoms with Crippen molar-refractivity contribution in [1.82, 2.24) is 10.2 Å². The molecule has 0 radical (unpaired) electrons. The smallest absolute Gasteiger partial charge is 0.226 e. The second-order valence-electron chi connectivity index (χ2n) is 8.64. The average molecular weight is 372 g/mol. The van der Waals surface area contributed by atoms with Gasteiger partial charge in [-0.05, 0) is 61.5 Å². The van der Waals surface area contributed by atoms with E-state index in [0.717, 1.165) is 32.4 Å². The molecule has 1 N–H and O–H groups in total. The summed E-state index contributed by atoms with van der Waals surface area (Å²) in [7, 11) is 0. The molecule has 2 saturated carbocycles. The highest BCUT2D eigenvalue weighted by Gasteiger charge is 2.61. The molecule has 3 fully saturated rings. The Morgan fingerprint density at radius 1 is 1.19 bits per heavy atom. The number of benzene rings is 1. The number of hydrogen-bond acceptors (Lipinski definition) is 2. The molecular weight excluding hydrogens is 343 g/mol. The topological polar surface area (TPSA) is 49.4 Å². The van der Waals surface area contributed by atoms with Crippen molar-refractivity contribution in [2.75, 3.05) is 19.6 Å². The van der Waals surface area contributed by atoms with Crippen LogP contribution in [0, 0.1) is 23.1 Å². The molecule has 4 rings (SSSR count). The van der Waals surface area contributed by atoms with E-state index < -0.39 is 0 Å². The summed E-state index contributed by atoms with van der Waals surface area (Å²) < 4.78 is 13.6. The molecule has 1 saturated heterocycles. The van der Waals surface area contributed by atoms with Crippen molar-refractivity contribution in [1.29, 1.82) is 0 Å². The SMILES string of the molecule is O=C(CC1CCN(C(=O)[C@H]2CC23CCC3)CC1)NCCc1ccccc1F. The molecule has 0 bridgehead atoms. The number of nitrogens with one attached hydrogen (secondary N) is 1. The van der Waals surface area contributed by atoms with Gasteiger partial charge in [-0.25, -0.2) is 4.39 Å². The summed E-state index contributed by atoms with van der Waals surface area (Å²) in [5, 5.41) is 2.91. The zero-order valence-electron chi connectivity index (χ0n) is 15.9. The number of halogens is 1. The molecule has 2 amide bonds. The van der Waals surface area contributed by atoms with Crippen LogP contribution in [0.25, 0.3) is 0 Å². The van der Waals surface area contributed by atoms with Crippen LogP contribution in [0.5, 0.6) is 0 Å². The van der Waals surface area contributed by atoms with Crippen LogP contribution >= 0.6 is 0 Å². The monoisotopic (exact) mass is 372 g/mol. The Labute approximate surface area is 160 Å². The third kappa shape index (κ3) is 4.02. The lowest BCUT2D eigenvalue weighted by molar-refractivity contribution is -0.135. The van der Waals surface area contributed by atoms with E-state index in [2.05, 4.69) is 5.32 Å². The highest BCUT2D eigenvalue weighted by atomic mass is 19.1. The molecule has 3 aliphatic rings. The lowest BCUT2D eigenvalue weighted by Gasteiger charge is -2.34. The summed E-state index contributed by atoms with van der Waals surface area (Å²) in [4.78, 5) is 26.8. The van der Waals surface area contributed by atoms with Gasteiger partial charge < -0.3 is 10.2 Å². The van der Waals surface area contributed by atoms with Gasteiger partial charge in [-0.3, -0.25) is 9.59 Å². The Morgan fingerprint density at radius 2 is 1.93 bits per heavy atom. The Hall–Kier alpha value is -1.91. The maximum atomic E-state index is 13.6. The molecule has 27 heavy (non-hydrogen) atoms. The number of piperidine rings is 1. The molecule has 5 heteroatoms. The Kier molecular flexibility index (Phi) is 5.20. The van der Waals surface area contributed by atoms with Crippen molar-refractivity contribution in [2.24, 2.45) is 17.3 Å². The van der Waals surface area contributed by atoms with Gasteiger partial charge in [0.05, 0.1) is 0 Å². The standard InChI is InChI=1S/C22H29FN2O2/c23-19-5-2-1-4-17(19)6-11-24-20(26)14-16-7-12-25(13-8-16)21(27)18-15-22(18)9-3-10-22/h1-2,4-5,16,18H,3,6-15H2,(H,24,26)/t18-/m1/s1. The van der Waals surface area contributed by atoms with Crippen LogP contribution in [0.4, 0.5) is 4.39 Å². The van der Waals surface area contributed by atoms with Crippen LogP contribution in [0.2, 0.25) is 0 Å². The zero-order chi connectivity index (χ0) is 18.9. The Morgan fingerprint density at radius 3 is 2.56 bits per heavy atom. The first-order valence-corrected chi connectivity index (χ1v) is 10.4. The number of amides is 2. The van der Waals surface area contributed by atoms with Gasteiger partial charge in [0.2, 0.25) is 11.8 Å². The number of carbonyl (C=O) groups excluding carboxylic acids is 2. The summed E-state index contributed by atoms with van der Waals surface area (Å²) in [6.45, 7) is 2.04. The van der Waals surface area contributed by atoms with Crippen molar-refractivity contribution < 1.29 is 14.0 Å². The van der Waals surface area contributed by atoms with E-state index in [0.29, 0.717) is 48.1 Å². The molecule has 1 spiro atoms. The fraction of sp³-hybridized carbons (Fsp3) is 0.636. The summed E-state index contributed by atoms with van der Waals surface area (Å²) in [6, 6.07) is 6.68. The van der Waals surface area contributed by atoms with Gasteiger partial charge in [-0.15, -0.1) is 0 Å². The normalized spacial score (nSPS) is 23.7. The van der Waals surface area contributed by atoms with E-state index in [1.165, 1.54) is 25.3 Å². The highest BCUT2D eigenvalue weighted by molar-refractivity contribution is 5.83. The summed E-state index contributed by atoms with van der Waals surface area (Å²) in [6.07, 6.45) is 7.72. The van der Waals surface area contributed by atoms with Crippen molar-refractivity contribution >= 4 is 11.8 Å². The second-order valence-corrected chi connectivity index (χ2v) is 8.64. The first-order chi connectivity index (χ1) is 13.1. The molecule has 0 aromatic heterocycles. The minimum atomic E-state index is -0.219. The zero-order valence-corrected chi connectivity index (χ0v) is 15.9. The first-order valence-electron chi connectivity index (χ1n) is 10.4. The third-order valence-electron chi connectivity index (χ3n) is 6.91. The molecule has 1 heterocycles. The van der Waals surface area contributed by atoms with Crippen LogP contribution in [-0.2, 0) is 16.0 Å². The fourth-order valence-electron chi connectivity index (χ4n) is 4.83. The van der Waals surface area contributed by atoms with Gasteiger partial charge in [-0.2, -0.15) is 0 Å². The predicted molar refractivity (Wildman–Crippen MR) is 101 cm³/mol. The van der Waals surface area contributed by atoms with E-state index in [1.807, 2.05) is 11.0 Å². The van der Waals surface area contributed by atoms with E-state index in [4.69, 9.17) is 0 Å². The first kappa shape index (κ1) is 18.5. The van der Waals surface area contributed by atoms with Crippen LogP contribution in [0.15, 0.2) is 24.3 Å². The largest absolute Gasteiger partial charge is 0.356 e. The fourth-order valence-corrected chi connectivity index (χ4v) is 4.83. The second kappa shape index (κ2) is 7.61. The molecule has 1 aliphatic heterocycles. The molecule has 0 unspecified atom stereocenters. The predicted octanol–water partition coefficient (Wildman–Crippen LogP) is 3.30. The van der Waals surface area contributed by atoms with Gasteiger partial charge in [0.25, 0.3) is 0 Å². The Bertz CT molecular complexity index is 708. The van der Waals surface area contributed by atoms with E-state index >= 15 is 0 Å². The average Bonchev–Trinajstić information content (AvgIpc) is 3.40. The molecule has 1 aromatic carbocycles. The van der Waals surface area contributed by atoms with Crippen LogP contribution in [0.3, 0.4) is 0 Å². The van der Waals surface area contributed by atoms with Crippen LogP contribution < -0.4 is 5.32 Å². The highest BCUT2D eigenvalue weighted by Crippen LogP contribution is 2.66. The van der Waals surface area contributed by atoms with Gasteiger partial charge in [0, 0.05) is 32.0 Å².